The Balaban J connectivity index is 1.80. The van der Waals surface area contributed by atoms with Crippen LogP contribution in [0.25, 0.3) is 11.4 Å². The number of hydrogen-bond donors (Lipinski definition) is 2. The molecule has 0 saturated carbocycles. The maximum Gasteiger partial charge on any atom is 0.394 e. The van der Waals surface area contributed by atoms with Gasteiger partial charge in [-0.1, -0.05) is 11.2 Å². The van der Waals surface area contributed by atoms with Crippen molar-refractivity contribution in [2.75, 3.05) is 0 Å². The van der Waals surface area contributed by atoms with E-state index in [-0.39, 0.29) is 11.6 Å². The highest BCUT2D eigenvalue weighted by Gasteiger charge is 2.14. The van der Waals surface area contributed by atoms with Crippen molar-refractivity contribution < 1.29 is 24.3 Å². The summed E-state index contributed by atoms with van der Waals surface area (Å²) in [6.07, 6.45) is 0. The van der Waals surface area contributed by atoms with Gasteiger partial charge in [-0.3, -0.25) is 0 Å². The molecule has 7 nitrogen and oxygen atoms in total. The van der Waals surface area contributed by atoms with Crippen molar-refractivity contribution in [3.05, 3.63) is 53.9 Å². The fourth-order valence-corrected chi connectivity index (χ4v) is 1.94. The Kier molecular flexibility index (Phi) is 3.68. The van der Waals surface area contributed by atoms with Crippen molar-refractivity contribution >= 4 is 5.97 Å². The molecule has 0 aliphatic carbocycles. The summed E-state index contributed by atoms with van der Waals surface area (Å²) < 4.78 is 10.2. The number of hydrogen-bond acceptors (Lipinski definition) is 6. The predicted molar refractivity (Wildman–Crippen MR) is 79.6 cm³/mol. The van der Waals surface area contributed by atoms with E-state index < -0.39 is 11.9 Å². The van der Waals surface area contributed by atoms with Gasteiger partial charge in [-0.15, -0.1) is 0 Å². The van der Waals surface area contributed by atoms with Crippen LogP contribution in [0.3, 0.4) is 0 Å². The van der Waals surface area contributed by atoms with E-state index >= 15 is 0 Å². The summed E-state index contributed by atoms with van der Waals surface area (Å²) in [4.78, 5) is 14.5. The van der Waals surface area contributed by atoms with Crippen LogP contribution < -0.4 is 4.74 Å². The van der Waals surface area contributed by atoms with Crippen LogP contribution in [0, 0.1) is 6.92 Å². The second kappa shape index (κ2) is 5.80. The Labute approximate surface area is 130 Å². The first-order valence-electron chi connectivity index (χ1n) is 6.68. The second-order valence-electron chi connectivity index (χ2n) is 4.83. The first-order chi connectivity index (χ1) is 11.0. The number of carbonyl (C=O) groups is 1. The van der Waals surface area contributed by atoms with Crippen molar-refractivity contribution in [1.82, 2.24) is 10.1 Å². The third-order valence-electron chi connectivity index (χ3n) is 3.06. The number of benzene rings is 2. The number of carboxylic acids is 1. The van der Waals surface area contributed by atoms with Crippen LogP contribution in [0.1, 0.15) is 16.2 Å². The first kappa shape index (κ1) is 14.6. The Morgan fingerprint density at radius 2 is 1.91 bits per heavy atom. The minimum Gasteiger partial charge on any atom is -0.504 e. The van der Waals surface area contributed by atoms with Crippen molar-refractivity contribution in [2.45, 2.75) is 6.92 Å². The molecule has 3 aromatic rings. The molecule has 2 aromatic carbocycles. The van der Waals surface area contributed by atoms with Crippen molar-refractivity contribution in [3.63, 3.8) is 0 Å². The number of nitrogens with zero attached hydrogens (tertiary/aromatic N) is 2. The van der Waals surface area contributed by atoms with Crippen LogP contribution in [-0.2, 0) is 0 Å². The molecule has 3 rings (SSSR count). The number of phenols is 1. The SMILES string of the molecule is Cc1ccc(Oc2ccc(-c3noc(C(=O)O)n3)cc2)c(O)c1. The van der Waals surface area contributed by atoms with E-state index in [1.54, 1.807) is 36.4 Å². The third kappa shape index (κ3) is 3.13. The van der Waals surface area contributed by atoms with Gasteiger partial charge in [0.2, 0.25) is 5.82 Å². The molecule has 1 heterocycles. The molecule has 0 spiro atoms. The second-order valence-corrected chi connectivity index (χ2v) is 4.83. The molecule has 7 heteroatoms. The largest absolute Gasteiger partial charge is 0.504 e. The zero-order chi connectivity index (χ0) is 16.4. The number of aromatic nitrogens is 2. The lowest BCUT2D eigenvalue weighted by Crippen LogP contribution is -1.95. The molecule has 23 heavy (non-hydrogen) atoms. The molecule has 0 bridgehead atoms. The lowest BCUT2D eigenvalue weighted by molar-refractivity contribution is 0.0643. The average molecular weight is 312 g/mol. The number of carboxylic acid groups (broad SMARTS) is 1. The predicted octanol–water partition coefficient (Wildman–Crippen LogP) is 3.24. The molecule has 0 fully saturated rings. The molecular weight excluding hydrogens is 300 g/mol. The number of ether oxygens (including phenoxy) is 1. The average Bonchev–Trinajstić information content (AvgIpc) is 3.01. The van der Waals surface area contributed by atoms with Gasteiger partial charge < -0.3 is 19.5 Å². The lowest BCUT2D eigenvalue weighted by Gasteiger charge is -2.08. The Bertz CT molecular complexity index is 855. The zero-order valence-electron chi connectivity index (χ0n) is 12.1. The minimum atomic E-state index is -1.28. The monoisotopic (exact) mass is 312 g/mol. The summed E-state index contributed by atoms with van der Waals surface area (Å²) in [5.74, 6) is -0.667. The highest BCUT2D eigenvalue weighted by Crippen LogP contribution is 2.31. The van der Waals surface area contributed by atoms with Gasteiger partial charge >= 0.3 is 11.9 Å². The summed E-state index contributed by atoms with van der Waals surface area (Å²) in [5.41, 5.74) is 1.51. The third-order valence-corrected chi connectivity index (χ3v) is 3.06. The molecule has 1 aromatic heterocycles. The van der Waals surface area contributed by atoms with Gasteiger partial charge in [0.25, 0.3) is 0 Å². The van der Waals surface area contributed by atoms with Crippen LogP contribution in [0.5, 0.6) is 17.2 Å². The van der Waals surface area contributed by atoms with E-state index in [1.807, 2.05) is 13.0 Å². The smallest absolute Gasteiger partial charge is 0.394 e. The van der Waals surface area contributed by atoms with Crippen LogP contribution >= 0.6 is 0 Å². The summed E-state index contributed by atoms with van der Waals surface area (Å²) in [7, 11) is 0. The standard InChI is InChI=1S/C16H12N2O5/c1-9-2-7-13(12(19)8-9)22-11-5-3-10(4-6-11)14-17-15(16(20)21)23-18-14/h2-8,19H,1H3,(H,20,21). The van der Waals surface area contributed by atoms with E-state index in [9.17, 15) is 9.90 Å². The van der Waals surface area contributed by atoms with E-state index in [0.29, 0.717) is 17.1 Å². The number of phenolic OH excluding ortho intramolecular Hbond substituents is 1. The van der Waals surface area contributed by atoms with Crippen molar-refractivity contribution in [3.8, 4) is 28.6 Å². The molecule has 116 valence electrons. The zero-order valence-corrected chi connectivity index (χ0v) is 12.1. The molecule has 0 aliphatic heterocycles. The van der Waals surface area contributed by atoms with Gasteiger partial charge in [-0.25, -0.2) is 4.79 Å². The van der Waals surface area contributed by atoms with Crippen LogP contribution in [0.15, 0.2) is 47.0 Å². The van der Waals surface area contributed by atoms with Gasteiger partial charge in [0, 0.05) is 5.56 Å². The van der Waals surface area contributed by atoms with Gasteiger partial charge in [0.1, 0.15) is 5.75 Å². The normalized spacial score (nSPS) is 10.5. The van der Waals surface area contributed by atoms with Crippen molar-refractivity contribution in [1.29, 1.82) is 0 Å². The van der Waals surface area contributed by atoms with E-state index in [1.165, 1.54) is 0 Å². The molecule has 0 atom stereocenters. The van der Waals surface area contributed by atoms with Gasteiger partial charge in [0.05, 0.1) is 0 Å². The fourth-order valence-electron chi connectivity index (χ4n) is 1.94. The van der Waals surface area contributed by atoms with Crippen LogP contribution in [0.4, 0.5) is 0 Å². The highest BCUT2D eigenvalue weighted by molar-refractivity contribution is 5.82. The molecule has 0 unspecified atom stereocenters. The molecular formula is C16H12N2O5. The molecule has 0 radical (unpaired) electrons. The van der Waals surface area contributed by atoms with Gasteiger partial charge in [-0.2, -0.15) is 4.98 Å². The van der Waals surface area contributed by atoms with Gasteiger partial charge in [-0.05, 0) is 48.9 Å². The molecule has 0 aliphatic rings. The fraction of sp³-hybridized carbons (Fsp3) is 0.0625. The summed E-state index contributed by atoms with van der Waals surface area (Å²) in [6.45, 7) is 1.87. The number of aromatic hydroxyl groups is 1. The van der Waals surface area contributed by atoms with E-state index in [2.05, 4.69) is 14.7 Å². The number of aryl methyl sites for hydroxylation is 1. The first-order valence-corrected chi connectivity index (χ1v) is 6.68. The van der Waals surface area contributed by atoms with E-state index in [4.69, 9.17) is 9.84 Å². The van der Waals surface area contributed by atoms with Crippen molar-refractivity contribution in [2.24, 2.45) is 0 Å². The maximum atomic E-state index is 10.7. The highest BCUT2D eigenvalue weighted by atomic mass is 16.5. The Morgan fingerprint density at radius 3 is 2.52 bits per heavy atom. The summed E-state index contributed by atoms with van der Waals surface area (Å²) >= 11 is 0. The number of aromatic carboxylic acids is 1. The number of rotatable bonds is 4. The topological polar surface area (TPSA) is 106 Å². The summed E-state index contributed by atoms with van der Waals surface area (Å²) in [5, 5.41) is 22.2. The molecule has 0 amide bonds. The minimum absolute atomic E-state index is 0.0540. The Morgan fingerprint density at radius 1 is 1.17 bits per heavy atom. The molecule has 2 N–H and O–H groups in total. The summed E-state index contributed by atoms with van der Waals surface area (Å²) in [6, 6.07) is 11.8. The quantitative estimate of drug-likeness (QED) is 0.761. The van der Waals surface area contributed by atoms with Gasteiger partial charge in [0.15, 0.2) is 11.5 Å². The van der Waals surface area contributed by atoms with Crippen LogP contribution in [0.2, 0.25) is 0 Å². The Hall–Kier alpha value is -3.35. The lowest BCUT2D eigenvalue weighted by atomic mass is 10.2. The molecule has 0 saturated heterocycles. The van der Waals surface area contributed by atoms with Crippen LogP contribution in [-0.4, -0.2) is 26.3 Å². The van der Waals surface area contributed by atoms with E-state index in [0.717, 1.165) is 5.56 Å². The maximum absolute atomic E-state index is 10.7.